The third-order valence-corrected chi connectivity index (χ3v) is 16.5. The lowest BCUT2D eigenvalue weighted by Gasteiger charge is -2.69. The molecule has 0 bridgehead atoms. The quantitative estimate of drug-likeness (QED) is 0.274. The van der Waals surface area contributed by atoms with E-state index in [4.69, 9.17) is 0 Å². The number of rotatable bonds is 1. The molecule has 12 rings (SSSR count). The van der Waals surface area contributed by atoms with Crippen LogP contribution < -0.4 is 0 Å². The largest absolute Gasteiger partial charge is 0.337 e. The average molecular weight is 615 g/mol. The first-order valence-electron chi connectivity index (χ1n) is 20.2. The Bertz CT molecular complexity index is 1560. The number of benzene rings is 2. The molecule has 0 N–H and O–H groups in total. The first-order chi connectivity index (χ1) is 22.9. The maximum atomic E-state index is 3.41. The van der Waals surface area contributed by atoms with Crippen molar-refractivity contribution in [3.63, 3.8) is 0 Å². The third-order valence-electron chi connectivity index (χ3n) is 16.5. The zero-order valence-corrected chi connectivity index (χ0v) is 27.8. The maximum absolute atomic E-state index is 3.41. The summed E-state index contributed by atoms with van der Waals surface area (Å²) in [6, 6.07) is 26.7. The van der Waals surface area contributed by atoms with Gasteiger partial charge >= 0.3 is 0 Å². The van der Waals surface area contributed by atoms with Crippen LogP contribution in [0.5, 0.6) is 0 Å². The maximum Gasteiger partial charge on any atom is 0.0494 e. The second-order valence-electron chi connectivity index (χ2n) is 17.8. The van der Waals surface area contributed by atoms with Gasteiger partial charge in [0.1, 0.15) is 0 Å². The SMILES string of the molecule is c1ccc2c(c1)c1ccccc1n2C1CC2C3C(C1)N1C4CCCCC4C4CCCC(C41)N3C1CCCC3C4CCCCC4N2C31. The molecule has 9 aliphatic rings. The molecule has 0 radical (unpaired) electrons. The van der Waals surface area contributed by atoms with Crippen molar-refractivity contribution >= 4 is 21.8 Å². The van der Waals surface area contributed by atoms with Crippen LogP contribution in [0, 0.1) is 23.7 Å². The van der Waals surface area contributed by atoms with E-state index < -0.39 is 0 Å². The van der Waals surface area contributed by atoms with Gasteiger partial charge in [-0.15, -0.1) is 0 Å². The highest BCUT2D eigenvalue weighted by atomic mass is 15.5. The topological polar surface area (TPSA) is 14.7 Å². The van der Waals surface area contributed by atoms with Gasteiger partial charge in [0.05, 0.1) is 0 Å². The van der Waals surface area contributed by atoms with Crippen LogP contribution in [0.4, 0.5) is 0 Å². The highest BCUT2D eigenvalue weighted by Gasteiger charge is 2.69. The summed E-state index contributed by atoms with van der Waals surface area (Å²) >= 11 is 0. The van der Waals surface area contributed by atoms with Crippen molar-refractivity contribution in [3.05, 3.63) is 48.5 Å². The summed E-state index contributed by atoms with van der Waals surface area (Å²) in [5.74, 6) is 3.91. The summed E-state index contributed by atoms with van der Waals surface area (Å²) in [5, 5.41) is 2.94. The van der Waals surface area contributed by atoms with Crippen LogP contribution in [0.1, 0.15) is 109 Å². The van der Waals surface area contributed by atoms with Crippen LogP contribution in [-0.4, -0.2) is 73.6 Å². The van der Waals surface area contributed by atoms with E-state index in [9.17, 15) is 0 Å². The molecular weight excluding hydrogens is 560 g/mol. The smallest absolute Gasteiger partial charge is 0.0494 e. The first-order valence-corrected chi connectivity index (χ1v) is 20.2. The minimum Gasteiger partial charge on any atom is -0.337 e. The summed E-state index contributed by atoms with van der Waals surface area (Å²) in [6.45, 7) is 0. The van der Waals surface area contributed by atoms with Crippen molar-refractivity contribution in [1.82, 2.24) is 19.3 Å². The van der Waals surface area contributed by atoms with E-state index in [-0.39, 0.29) is 0 Å². The number of fused-ring (bicyclic) bond motifs is 13. The molecule has 4 nitrogen and oxygen atoms in total. The Morgan fingerprint density at radius 2 is 0.826 bits per heavy atom. The van der Waals surface area contributed by atoms with E-state index in [1.165, 1.54) is 125 Å². The molecule has 0 amide bonds. The lowest BCUT2D eigenvalue weighted by atomic mass is 9.66. The fraction of sp³-hybridized carbons (Fsp3) is 0.714. The number of piperazine rings is 2. The van der Waals surface area contributed by atoms with Crippen molar-refractivity contribution in [2.24, 2.45) is 23.7 Å². The minimum absolute atomic E-state index is 0.584. The summed E-state index contributed by atoms with van der Waals surface area (Å²) in [4.78, 5) is 10.1. The predicted octanol–water partition coefficient (Wildman–Crippen LogP) is 8.39. The van der Waals surface area contributed by atoms with E-state index in [0.29, 0.717) is 6.04 Å². The number of aromatic nitrogens is 1. The fourth-order valence-electron chi connectivity index (χ4n) is 15.6. The second kappa shape index (κ2) is 9.85. The molecule has 0 spiro atoms. The van der Waals surface area contributed by atoms with Crippen LogP contribution in [0.3, 0.4) is 0 Å². The molecule has 4 saturated heterocycles. The molecule has 12 atom stereocenters. The number of para-hydroxylation sites is 2. The molecular formula is C42H54N4. The van der Waals surface area contributed by atoms with Crippen molar-refractivity contribution in [2.75, 3.05) is 0 Å². The number of hydrogen-bond donors (Lipinski definition) is 0. The van der Waals surface area contributed by atoms with Crippen molar-refractivity contribution < 1.29 is 0 Å². The van der Waals surface area contributed by atoms with Crippen molar-refractivity contribution in [3.8, 4) is 0 Å². The molecule has 5 heterocycles. The second-order valence-corrected chi connectivity index (χ2v) is 17.8. The molecule has 46 heavy (non-hydrogen) atoms. The van der Waals surface area contributed by atoms with Gasteiger partial charge < -0.3 is 4.57 Å². The predicted molar refractivity (Wildman–Crippen MR) is 186 cm³/mol. The number of hydrogen-bond acceptors (Lipinski definition) is 3. The summed E-state index contributed by atoms with van der Waals surface area (Å²) in [5.41, 5.74) is 2.98. The van der Waals surface area contributed by atoms with Gasteiger partial charge in [0.25, 0.3) is 0 Å². The van der Waals surface area contributed by atoms with Gasteiger partial charge in [-0.3, -0.25) is 14.7 Å². The van der Waals surface area contributed by atoms with E-state index in [1.807, 2.05) is 0 Å². The number of nitrogens with zero attached hydrogens (tertiary/aromatic N) is 4. The Labute approximate surface area is 275 Å². The van der Waals surface area contributed by atoms with Gasteiger partial charge in [-0.1, -0.05) is 74.9 Å². The fourth-order valence-corrected chi connectivity index (χ4v) is 15.6. The van der Waals surface area contributed by atoms with Crippen molar-refractivity contribution in [2.45, 2.75) is 163 Å². The highest BCUT2D eigenvalue weighted by Crippen LogP contribution is 2.62. The molecule has 4 heteroatoms. The van der Waals surface area contributed by atoms with Gasteiger partial charge in [-0.2, -0.15) is 0 Å². The summed E-state index contributed by atoms with van der Waals surface area (Å²) in [7, 11) is 0. The van der Waals surface area contributed by atoms with Crippen molar-refractivity contribution in [1.29, 1.82) is 0 Å². The Morgan fingerprint density at radius 1 is 0.391 bits per heavy atom. The van der Waals surface area contributed by atoms with Gasteiger partial charge in [0, 0.05) is 82.2 Å². The third kappa shape index (κ3) is 3.34. The Hall–Kier alpha value is -1.88. The zero-order chi connectivity index (χ0) is 29.7. The zero-order valence-electron chi connectivity index (χ0n) is 27.8. The van der Waals surface area contributed by atoms with E-state index in [0.717, 1.165) is 78.0 Å². The lowest BCUT2D eigenvalue weighted by Crippen LogP contribution is -2.82. The van der Waals surface area contributed by atoms with Gasteiger partial charge in [0.15, 0.2) is 0 Å². The van der Waals surface area contributed by atoms with Gasteiger partial charge in [-0.25, -0.2) is 0 Å². The van der Waals surface area contributed by atoms with E-state index in [1.54, 1.807) is 0 Å². The summed E-state index contributed by atoms with van der Waals surface area (Å²) in [6.07, 6.45) is 23.7. The molecule has 242 valence electrons. The standard InChI is InChI=1S/C42H54N4/c1-5-17-32-26(11-1)27-12-2-6-18-33(27)43(32)25-23-38-42-39(24-25)45-35-20-8-4-14-29(35)31-16-10-22-37(41(31)45)46(42)36-21-9-15-30-28-13-3-7-19-34(28)44(38)40(30)36/h1-2,5-6,11-12,17-18,25,28-31,34-42H,3-4,7-10,13-16,19-24H2. The highest BCUT2D eigenvalue weighted by molar-refractivity contribution is 6.08. The van der Waals surface area contributed by atoms with E-state index >= 15 is 0 Å². The van der Waals surface area contributed by atoms with Gasteiger partial charge in [0.2, 0.25) is 0 Å². The molecule has 5 aliphatic carbocycles. The first kappa shape index (κ1) is 27.0. The Kier molecular flexibility index (Phi) is 5.78. The molecule has 1 aromatic heterocycles. The van der Waals surface area contributed by atoms with Crippen LogP contribution in [0.2, 0.25) is 0 Å². The minimum atomic E-state index is 0.584. The summed E-state index contributed by atoms with van der Waals surface area (Å²) < 4.78 is 2.89. The normalized spacial score (nSPS) is 48.1. The molecule has 5 saturated carbocycles. The molecule has 12 unspecified atom stereocenters. The molecule has 3 aromatic rings. The Balaban J connectivity index is 1.07. The average Bonchev–Trinajstić information content (AvgIpc) is 3.76. The molecule has 2 aromatic carbocycles. The monoisotopic (exact) mass is 614 g/mol. The molecule has 4 aliphatic heterocycles. The van der Waals surface area contributed by atoms with Crippen LogP contribution >= 0.6 is 0 Å². The van der Waals surface area contributed by atoms with Gasteiger partial charge in [-0.05, 0) is 100 Å². The van der Waals surface area contributed by atoms with Crippen LogP contribution in [-0.2, 0) is 0 Å². The van der Waals surface area contributed by atoms with Crippen LogP contribution in [0.25, 0.3) is 21.8 Å². The molecule has 9 fully saturated rings. The van der Waals surface area contributed by atoms with Crippen LogP contribution in [0.15, 0.2) is 48.5 Å². The Morgan fingerprint density at radius 3 is 1.37 bits per heavy atom. The lowest BCUT2D eigenvalue weighted by molar-refractivity contribution is -0.196. The van der Waals surface area contributed by atoms with E-state index in [2.05, 4.69) is 67.8 Å².